The highest BCUT2D eigenvalue weighted by Gasteiger charge is 2.31. The van der Waals surface area contributed by atoms with E-state index in [0.29, 0.717) is 31.9 Å². The second kappa shape index (κ2) is 9.76. The third-order valence-corrected chi connectivity index (χ3v) is 5.54. The molecule has 0 saturated carbocycles. The Morgan fingerprint density at radius 2 is 1.79 bits per heavy atom. The Morgan fingerprint density at radius 3 is 2.46 bits per heavy atom. The van der Waals surface area contributed by atoms with Gasteiger partial charge in [-0.3, -0.25) is 4.90 Å². The molecule has 0 aromatic heterocycles. The summed E-state index contributed by atoms with van der Waals surface area (Å²) >= 11 is 5.48. The normalized spacial score (nSPS) is 19.0. The summed E-state index contributed by atoms with van der Waals surface area (Å²) in [7, 11) is 0. The second-order valence-corrected chi connectivity index (χ2v) is 7.45. The molecule has 0 spiro atoms. The maximum Gasteiger partial charge on any atom is 0.416 e. The van der Waals surface area contributed by atoms with Crippen LogP contribution in [-0.2, 0) is 10.9 Å². The Morgan fingerprint density at radius 1 is 1.07 bits per heavy atom. The number of benzene rings is 1. The molecular formula is C19H27F3N4OS. The van der Waals surface area contributed by atoms with Gasteiger partial charge in [0.15, 0.2) is 5.11 Å². The molecule has 5 nitrogen and oxygen atoms in total. The largest absolute Gasteiger partial charge is 0.416 e. The van der Waals surface area contributed by atoms with Crippen molar-refractivity contribution in [1.82, 2.24) is 15.1 Å². The van der Waals surface area contributed by atoms with Gasteiger partial charge in [0.1, 0.15) is 0 Å². The first-order chi connectivity index (χ1) is 13.4. The molecule has 2 heterocycles. The zero-order valence-corrected chi connectivity index (χ0v) is 16.7. The fourth-order valence-corrected chi connectivity index (χ4v) is 3.77. The Hall–Kier alpha value is -1.58. The van der Waals surface area contributed by atoms with Crippen LogP contribution in [0.3, 0.4) is 0 Å². The molecule has 0 aliphatic carbocycles. The number of nitrogens with one attached hydrogen (secondary N) is 1. The summed E-state index contributed by atoms with van der Waals surface area (Å²) in [5, 5.41) is 4.04. The van der Waals surface area contributed by atoms with Gasteiger partial charge in [-0.05, 0) is 43.4 Å². The molecule has 2 saturated heterocycles. The van der Waals surface area contributed by atoms with Crippen LogP contribution < -0.4 is 10.2 Å². The van der Waals surface area contributed by atoms with E-state index in [0.717, 1.165) is 57.0 Å². The van der Waals surface area contributed by atoms with Crippen molar-refractivity contribution < 1.29 is 17.9 Å². The number of hydrogen-bond acceptors (Lipinski definition) is 4. The molecule has 3 rings (SSSR count). The Bertz CT molecular complexity index is 644. The third kappa shape index (κ3) is 5.96. The van der Waals surface area contributed by atoms with Gasteiger partial charge in [0, 0.05) is 51.5 Å². The predicted molar refractivity (Wildman–Crippen MR) is 108 cm³/mol. The lowest BCUT2D eigenvalue weighted by Gasteiger charge is -2.37. The van der Waals surface area contributed by atoms with Crippen LogP contribution in [0.2, 0.25) is 0 Å². The molecule has 2 aliphatic heterocycles. The molecule has 156 valence electrons. The molecular weight excluding hydrogens is 389 g/mol. The van der Waals surface area contributed by atoms with E-state index in [9.17, 15) is 13.2 Å². The van der Waals surface area contributed by atoms with E-state index in [1.54, 1.807) is 6.07 Å². The summed E-state index contributed by atoms with van der Waals surface area (Å²) < 4.78 is 44.1. The average Bonchev–Trinajstić information content (AvgIpc) is 2.71. The molecule has 28 heavy (non-hydrogen) atoms. The van der Waals surface area contributed by atoms with Crippen LogP contribution in [-0.4, -0.2) is 80.5 Å². The summed E-state index contributed by atoms with van der Waals surface area (Å²) in [4.78, 5) is 6.46. The second-order valence-electron chi connectivity index (χ2n) is 7.06. The van der Waals surface area contributed by atoms with Gasteiger partial charge < -0.3 is 19.9 Å². The molecule has 0 bridgehead atoms. The smallest absolute Gasteiger partial charge is 0.379 e. The van der Waals surface area contributed by atoms with Crippen LogP contribution in [0, 0.1) is 0 Å². The van der Waals surface area contributed by atoms with Gasteiger partial charge >= 0.3 is 6.18 Å². The molecule has 0 radical (unpaired) electrons. The SMILES string of the molecule is FC(F)(F)c1cccc(N2CCN(C(=S)NCCCN3CCOCC3)CC2)c1. The van der Waals surface area contributed by atoms with Crippen molar-refractivity contribution >= 4 is 23.0 Å². The number of halogens is 3. The lowest BCUT2D eigenvalue weighted by Crippen LogP contribution is -2.52. The minimum atomic E-state index is -4.31. The van der Waals surface area contributed by atoms with Gasteiger partial charge in [-0.2, -0.15) is 13.2 Å². The summed E-state index contributed by atoms with van der Waals surface area (Å²) in [6.07, 6.45) is -3.30. The van der Waals surface area contributed by atoms with Crippen LogP contribution in [0.4, 0.5) is 18.9 Å². The van der Waals surface area contributed by atoms with Gasteiger partial charge in [0.25, 0.3) is 0 Å². The molecule has 0 atom stereocenters. The summed E-state index contributed by atoms with van der Waals surface area (Å²) in [5.41, 5.74) is 0.00347. The van der Waals surface area contributed by atoms with E-state index in [1.165, 1.54) is 12.1 Å². The monoisotopic (exact) mass is 416 g/mol. The molecule has 0 amide bonds. The quantitative estimate of drug-likeness (QED) is 0.586. The number of thiocarbonyl (C=S) groups is 1. The zero-order valence-electron chi connectivity index (χ0n) is 15.9. The molecule has 1 N–H and O–H groups in total. The van der Waals surface area contributed by atoms with Gasteiger partial charge in [0.05, 0.1) is 18.8 Å². The van der Waals surface area contributed by atoms with E-state index in [4.69, 9.17) is 17.0 Å². The van der Waals surface area contributed by atoms with Gasteiger partial charge in [-0.15, -0.1) is 0 Å². The highest BCUT2D eigenvalue weighted by atomic mass is 32.1. The van der Waals surface area contributed by atoms with E-state index in [1.807, 2.05) is 4.90 Å². The van der Waals surface area contributed by atoms with E-state index >= 15 is 0 Å². The summed E-state index contributed by atoms with van der Waals surface area (Å²) in [6, 6.07) is 5.52. The van der Waals surface area contributed by atoms with Crippen LogP contribution in [0.1, 0.15) is 12.0 Å². The van der Waals surface area contributed by atoms with Crippen LogP contribution in [0.25, 0.3) is 0 Å². The highest BCUT2D eigenvalue weighted by molar-refractivity contribution is 7.80. The molecule has 2 fully saturated rings. The van der Waals surface area contributed by atoms with Gasteiger partial charge in [-0.25, -0.2) is 0 Å². The lowest BCUT2D eigenvalue weighted by atomic mass is 10.1. The zero-order chi connectivity index (χ0) is 20.0. The van der Waals surface area contributed by atoms with Crippen molar-refractivity contribution in [3.63, 3.8) is 0 Å². The van der Waals surface area contributed by atoms with Crippen LogP contribution in [0.5, 0.6) is 0 Å². The fourth-order valence-electron chi connectivity index (χ4n) is 3.48. The first kappa shape index (κ1) is 21.1. The standard InChI is InChI=1S/C19H27F3N4OS/c20-19(21,22)16-3-1-4-17(15-16)25-7-9-26(10-8-25)18(28)23-5-2-6-24-11-13-27-14-12-24/h1,3-4,15H,2,5-14H2,(H,23,28). The first-order valence-electron chi connectivity index (χ1n) is 9.68. The van der Waals surface area contributed by atoms with Crippen molar-refractivity contribution in [2.45, 2.75) is 12.6 Å². The Kier molecular flexibility index (Phi) is 7.36. The van der Waals surface area contributed by atoms with Crippen molar-refractivity contribution in [1.29, 1.82) is 0 Å². The molecule has 1 aromatic carbocycles. The number of anilines is 1. The topological polar surface area (TPSA) is 31.0 Å². The first-order valence-corrected chi connectivity index (χ1v) is 10.1. The van der Waals surface area contributed by atoms with Crippen molar-refractivity contribution in [3.05, 3.63) is 29.8 Å². The van der Waals surface area contributed by atoms with E-state index in [2.05, 4.69) is 15.1 Å². The third-order valence-electron chi connectivity index (χ3n) is 5.14. The number of nitrogens with zero attached hydrogens (tertiary/aromatic N) is 3. The number of rotatable bonds is 5. The van der Waals surface area contributed by atoms with Crippen LogP contribution in [0.15, 0.2) is 24.3 Å². The number of ether oxygens (including phenoxy) is 1. The Balaban J connectivity index is 1.39. The molecule has 0 unspecified atom stereocenters. The van der Waals surface area contributed by atoms with E-state index in [-0.39, 0.29) is 0 Å². The maximum absolute atomic E-state index is 12.9. The van der Waals surface area contributed by atoms with E-state index < -0.39 is 11.7 Å². The fraction of sp³-hybridized carbons (Fsp3) is 0.632. The number of alkyl halides is 3. The number of morpholine rings is 1. The van der Waals surface area contributed by atoms with Crippen molar-refractivity contribution in [2.24, 2.45) is 0 Å². The summed E-state index contributed by atoms with van der Waals surface area (Å²) in [5.74, 6) is 0. The van der Waals surface area contributed by atoms with Crippen LogP contribution >= 0.6 is 12.2 Å². The minimum Gasteiger partial charge on any atom is -0.379 e. The molecule has 2 aliphatic rings. The van der Waals surface area contributed by atoms with Crippen molar-refractivity contribution in [3.8, 4) is 0 Å². The summed E-state index contributed by atoms with van der Waals surface area (Å²) in [6.45, 7) is 8.14. The Labute approximate surface area is 169 Å². The maximum atomic E-state index is 12.9. The average molecular weight is 417 g/mol. The highest BCUT2D eigenvalue weighted by Crippen LogP contribution is 2.31. The van der Waals surface area contributed by atoms with Gasteiger partial charge in [-0.1, -0.05) is 6.07 Å². The molecule has 9 heteroatoms. The lowest BCUT2D eigenvalue weighted by molar-refractivity contribution is -0.137. The number of piperazine rings is 1. The van der Waals surface area contributed by atoms with Gasteiger partial charge in [0.2, 0.25) is 0 Å². The predicted octanol–water partition coefficient (Wildman–Crippen LogP) is 2.42. The number of hydrogen-bond donors (Lipinski definition) is 1. The van der Waals surface area contributed by atoms with Crippen molar-refractivity contribution in [2.75, 3.05) is 70.5 Å². The minimum absolute atomic E-state index is 0.607. The molecule has 1 aromatic rings.